The van der Waals surface area contributed by atoms with E-state index in [1.165, 1.54) is 7.11 Å². The third-order valence-electron chi connectivity index (χ3n) is 4.82. The molecule has 1 heterocycles. The van der Waals surface area contributed by atoms with Crippen LogP contribution >= 0.6 is 15.9 Å². The van der Waals surface area contributed by atoms with Crippen LogP contribution in [0.25, 0.3) is 6.08 Å². The van der Waals surface area contributed by atoms with E-state index in [9.17, 15) is 14.4 Å². The van der Waals surface area contributed by atoms with Crippen molar-refractivity contribution in [3.05, 3.63) is 58.2 Å². The van der Waals surface area contributed by atoms with Gasteiger partial charge in [-0.3, -0.25) is 9.59 Å². The highest BCUT2D eigenvalue weighted by Gasteiger charge is 2.35. The maximum Gasteiger partial charge on any atom is 0.329 e. The summed E-state index contributed by atoms with van der Waals surface area (Å²) in [7, 11) is 1.49. The number of carbonyl (C=O) groups is 3. The first-order valence-electron chi connectivity index (χ1n) is 10.1. The number of amides is 4. The number of para-hydroxylation sites is 2. The number of imide groups is 1. The minimum Gasteiger partial charge on any atom is -0.495 e. The zero-order valence-corrected chi connectivity index (χ0v) is 19.6. The summed E-state index contributed by atoms with van der Waals surface area (Å²) in [6, 6.07) is 11.6. The lowest BCUT2D eigenvalue weighted by Gasteiger charge is -2.14. The van der Waals surface area contributed by atoms with Crippen LogP contribution in [0.2, 0.25) is 0 Å². The third kappa shape index (κ3) is 5.47. The number of carbonyl (C=O) groups excluding carboxylic acids is 3. The van der Waals surface area contributed by atoms with Crippen LogP contribution in [0.4, 0.5) is 10.5 Å². The van der Waals surface area contributed by atoms with Gasteiger partial charge in [0.25, 0.3) is 5.91 Å². The molecule has 8 nitrogen and oxygen atoms in total. The van der Waals surface area contributed by atoms with Crippen molar-refractivity contribution in [2.45, 2.75) is 26.4 Å². The van der Waals surface area contributed by atoms with E-state index < -0.39 is 24.4 Å². The Balaban J connectivity index is 1.69. The molecule has 168 valence electrons. The number of ether oxygens (including phenoxy) is 2. The molecule has 0 unspecified atom stereocenters. The molecule has 0 aromatic heterocycles. The number of methoxy groups -OCH3 is 1. The first-order valence-corrected chi connectivity index (χ1v) is 10.8. The number of anilines is 1. The van der Waals surface area contributed by atoms with E-state index in [4.69, 9.17) is 9.47 Å². The van der Waals surface area contributed by atoms with Crippen molar-refractivity contribution in [2.75, 3.05) is 19.0 Å². The van der Waals surface area contributed by atoms with Crippen LogP contribution in [-0.4, -0.2) is 42.5 Å². The third-order valence-corrected chi connectivity index (χ3v) is 5.43. The van der Waals surface area contributed by atoms with Gasteiger partial charge in [0.2, 0.25) is 5.91 Å². The topological polar surface area (TPSA) is 97.0 Å². The molecule has 0 radical (unpaired) electrons. The number of halogens is 1. The minimum atomic E-state index is -0.660. The molecule has 0 bridgehead atoms. The van der Waals surface area contributed by atoms with E-state index in [-0.39, 0.29) is 11.8 Å². The van der Waals surface area contributed by atoms with Gasteiger partial charge in [-0.25, -0.2) is 9.69 Å². The van der Waals surface area contributed by atoms with E-state index in [1.807, 2.05) is 13.8 Å². The summed E-state index contributed by atoms with van der Waals surface area (Å²) in [5.74, 6) is 0.0673. The quantitative estimate of drug-likeness (QED) is 0.418. The van der Waals surface area contributed by atoms with Gasteiger partial charge in [-0.05, 0) is 65.2 Å². The van der Waals surface area contributed by atoms with E-state index in [2.05, 4.69) is 26.6 Å². The van der Waals surface area contributed by atoms with Gasteiger partial charge >= 0.3 is 6.03 Å². The second-order valence-corrected chi connectivity index (χ2v) is 8.01. The van der Waals surface area contributed by atoms with Gasteiger partial charge in [-0.1, -0.05) is 25.1 Å². The van der Waals surface area contributed by atoms with Gasteiger partial charge < -0.3 is 20.1 Å². The molecule has 1 aliphatic rings. The molecule has 1 saturated heterocycles. The fourth-order valence-electron chi connectivity index (χ4n) is 2.97. The molecule has 1 fully saturated rings. The van der Waals surface area contributed by atoms with Crippen LogP contribution in [0.15, 0.2) is 52.6 Å². The lowest BCUT2D eigenvalue weighted by atomic mass is 10.2. The Labute approximate surface area is 194 Å². The van der Waals surface area contributed by atoms with Crippen LogP contribution in [0.1, 0.15) is 25.8 Å². The van der Waals surface area contributed by atoms with Crippen molar-refractivity contribution in [3.8, 4) is 11.5 Å². The van der Waals surface area contributed by atoms with Gasteiger partial charge in [-0.15, -0.1) is 0 Å². The maximum absolute atomic E-state index is 12.7. The highest BCUT2D eigenvalue weighted by molar-refractivity contribution is 9.10. The van der Waals surface area contributed by atoms with Gasteiger partial charge in [0.1, 0.15) is 23.7 Å². The van der Waals surface area contributed by atoms with Crippen molar-refractivity contribution in [1.82, 2.24) is 10.2 Å². The zero-order valence-electron chi connectivity index (χ0n) is 18.0. The number of urea groups is 1. The summed E-state index contributed by atoms with van der Waals surface area (Å²) in [5, 5.41) is 5.17. The summed E-state index contributed by atoms with van der Waals surface area (Å²) in [5.41, 5.74) is 1.23. The van der Waals surface area contributed by atoms with E-state index >= 15 is 0 Å². The first kappa shape index (κ1) is 23.3. The molecule has 32 heavy (non-hydrogen) atoms. The van der Waals surface area contributed by atoms with Crippen LogP contribution in [0, 0.1) is 0 Å². The van der Waals surface area contributed by atoms with Crippen LogP contribution < -0.4 is 20.1 Å². The van der Waals surface area contributed by atoms with Crippen molar-refractivity contribution >= 4 is 45.5 Å². The largest absolute Gasteiger partial charge is 0.495 e. The van der Waals surface area contributed by atoms with E-state index in [0.717, 1.165) is 15.8 Å². The van der Waals surface area contributed by atoms with Crippen molar-refractivity contribution in [3.63, 3.8) is 0 Å². The molecule has 2 aromatic carbocycles. The zero-order chi connectivity index (χ0) is 23.3. The highest BCUT2D eigenvalue weighted by Crippen LogP contribution is 2.28. The lowest BCUT2D eigenvalue weighted by Crippen LogP contribution is -2.38. The van der Waals surface area contributed by atoms with Crippen molar-refractivity contribution in [2.24, 2.45) is 0 Å². The van der Waals surface area contributed by atoms with Crippen LogP contribution in [0.3, 0.4) is 0 Å². The summed E-state index contributed by atoms with van der Waals surface area (Å²) >= 11 is 3.47. The fourth-order valence-corrected chi connectivity index (χ4v) is 3.46. The average molecular weight is 502 g/mol. The second-order valence-electron chi connectivity index (χ2n) is 7.15. The van der Waals surface area contributed by atoms with E-state index in [1.54, 1.807) is 48.5 Å². The Morgan fingerprint density at radius 3 is 2.66 bits per heavy atom. The number of nitrogens with zero attached hydrogens (tertiary/aromatic N) is 1. The van der Waals surface area contributed by atoms with Crippen molar-refractivity contribution < 1.29 is 23.9 Å². The molecule has 3 rings (SSSR count). The van der Waals surface area contributed by atoms with Crippen LogP contribution in [0.5, 0.6) is 11.5 Å². The Bertz CT molecular complexity index is 1070. The number of rotatable bonds is 8. The standard InChI is InChI=1S/C23H24BrN3O5/c1-4-14(2)32-19-10-9-15(11-16(19)24)12-18-22(29)27(23(30)26-18)13-21(28)25-17-7-5-6-8-20(17)31-3/h5-12,14H,4,13H2,1-3H3,(H,25,28)(H,26,30)/b18-12+/t14-/m0/s1. The normalized spacial score (nSPS) is 15.5. The Morgan fingerprint density at radius 2 is 1.97 bits per heavy atom. The molecule has 0 saturated carbocycles. The molecular formula is C23H24BrN3O5. The molecule has 9 heteroatoms. The van der Waals surface area contributed by atoms with E-state index in [0.29, 0.717) is 22.7 Å². The average Bonchev–Trinajstić information content (AvgIpc) is 3.03. The first-order chi connectivity index (χ1) is 15.3. The number of nitrogens with one attached hydrogen (secondary N) is 2. The molecule has 0 spiro atoms. The summed E-state index contributed by atoms with van der Waals surface area (Å²) in [4.78, 5) is 38.3. The molecule has 2 aromatic rings. The summed E-state index contributed by atoms with van der Waals surface area (Å²) in [6.07, 6.45) is 2.50. The Kier molecular flexibility index (Phi) is 7.53. The Morgan fingerprint density at radius 1 is 1.22 bits per heavy atom. The van der Waals surface area contributed by atoms with Gasteiger partial charge in [-0.2, -0.15) is 0 Å². The second kappa shape index (κ2) is 10.3. The molecule has 2 N–H and O–H groups in total. The highest BCUT2D eigenvalue weighted by atomic mass is 79.9. The van der Waals surface area contributed by atoms with Gasteiger partial charge in [0, 0.05) is 0 Å². The molecule has 1 atom stereocenters. The molecule has 0 aliphatic carbocycles. The van der Waals surface area contributed by atoms with Crippen LogP contribution in [-0.2, 0) is 9.59 Å². The Hall–Kier alpha value is -3.33. The molecule has 4 amide bonds. The predicted molar refractivity (Wildman–Crippen MR) is 124 cm³/mol. The number of benzene rings is 2. The SMILES string of the molecule is CC[C@H](C)Oc1ccc(/C=C2/NC(=O)N(CC(=O)Nc3ccccc3OC)C2=O)cc1Br. The lowest BCUT2D eigenvalue weighted by molar-refractivity contribution is -0.127. The molecule has 1 aliphatic heterocycles. The monoisotopic (exact) mass is 501 g/mol. The van der Waals surface area contributed by atoms with Gasteiger partial charge in [0.05, 0.1) is 23.4 Å². The summed E-state index contributed by atoms with van der Waals surface area (Å²) in [6.45, 7) is 3.59. The van der Waals surface area contributed by atoms with Crippen molar-refractivity contribution in [1.29, 1.82) is 0 Å². The molecular weight excluding hydrogens is 478 g/mol. The number of hydrogen-bond acceptors (Lipinski definition) is 5. The fraction of sp³-hybridized carbons (Fsp3) is 0.261. The minimum absolute atomic E-state index is 0.0711. The number of hydrogen-bond donors (Lipinski definition) is 2. The maximum atomic E-state index is 12.7. The van der Waals surface area contributed by atoms with Gasteiger partial charge in [0.15, 0.2) is 0 Å². The predicted octanol–water partition coefficient (Wildman–Crippen LogP) is 4.17. The smallest absolute Gasteiger partial charge is 0.329 e. The summed E-state index contributed by atoms with van der Waals surface area (Å²) < 4.78 is 11.7.